The molecule has 5 heteroatoms. The summed E-state index contributed by atoms with van der Waals surface area (Å²) in [6.45, 7) is 2.78. The molecule has 2 N–H and O–H groups in total. The van der Waals surface area contributed by atoms with E-state index in [1.54, 1.807) is 21.3 Å². The molecular formula is C15H23NO4. The van der Waals surface area contributed by atoms with E-state index in [-0.39, 0.29) is 6.04 Å². The molecule has 2 rings (SSSR count). The highest BCUT2D eigenvalue weighted by molar-refractivity contribution is 5.53. The van der Waals surface area contributed by atoms with Crippen molar-refractivity contribution in [1.82, 2.24) is 0 Å². The van der Waals surface area contributed by atoms with Gasteiger partial charge in [0.2, 0.25) is 0 Å². The number of methoxy groups -OCH3 is 3. The lowest BCUT2D eigenvalue weighted by atomic mass is 9.87. The van der Waals surface area contributed by atoms with Gasteiger partial charge in [-0.05, 0) is 19.8 Å². The molecule has 1 saturated heterocycles. The highest BCUT2D eigenvalue weighted by Gasteiger charge is 2.40. The highest BCUT2D eigenvalue weighted by Crippen LogP contribution is 2.44. The summed E-state index contributed by atoms with van der Waals surface area (Å²) in [4.78, 5) is 0. The number of nitrogens with two attached hydrogens (primary N) is 1. The third-order valence-corrected chi connectivity index (χ3v) is 3.97. The van der Waals surface area contributed by atoms with E-state index in [9.17, 15) is 0 Å². The lowest BCUT2D eigenvalue weighted by Crippen LogP contribution is -2.38. The largest absolute Gasteiger partial charge is 0.496 e. The van der Waals surface area contributed by atoms with Crippen molar-refractivity contribution in [1.29, 1.82) is 0 Å². The fourth-order valence-corrected chi connectivity index (χ4v) is 2.69. The number of ether oxygens (including phenoxy) is 4. The monoisotopic (exact) mass is 281 g/mol. The fraction of sp³-hybridized carbons (Fsp3) is 0.600. The minimum atomic E-state index is -0.394. The zero-order valence-corrected chi connectivity index (χ0v) is 12.6. The molecule has 1 aliphatic rings. The van der Waals surface area contributed by atoms with Crippen LogP contribution in [0.3, 0.4) is 0 Å². The number of hydrogen-bond acceptors (Lipinski definition) is 5. The zero-order chi connectivity index (χ0) is 14.8. The SMILES string of the molecule is COc1cc(OC)c(C(N)C2(C)CCCO2)c(OC)c1. The van der Waals surface area contributed by atoms with Crippen LogP contribution in [-0.4, -0.2) is 33.5 Å². The van der Waals surface area contributed by atoms with E-state index < -0.39 is 5.60 Å². The molecule has 0 bridgehead atoms. The third kappa shape index (κ3) is 2.55. The summed E-state index contributed by atoms with van der Waals surface area (Å²) >= 11 is 0. The smallest absolute Gasteiger partial charge is 0.131 e. The van der Waals surface area contributed by atoms with Crippen molar-refractivity contribution in [2.45, 2.75) is 31.4 Å². The molecule has 112 valence electrons. The van der Waals surface area contributed by atoms with Crippen LogP contribution in [0.2, 0.25) is 0 Å². The Morgan fingerprint density at radius 3 is 2.15 bits per heavy atom. The summed E-state index contributed by atoms with van der Waals surface area (Å²) in [5, 5.41) is 0. The Morgan fingerprint density at radius 2 is 1.75 bits per heavy atom. The van der Waals surface area contributed by atoms with Gasteiger partial charge in [0.15, 0.2) is 0 Å². The predicted octanol–water partition coefficient (Wildman–Crippen LogP) is 2.28. The molecule has 0 amide bonds. The average molecular weight is 281 g/mol. The van der Waals surface area contributed by atoms with Gasteiger partial charge in [0, 0.05) is 18.7 Å². The van der Waals surface area contributed by atoms with Crippen molar-refractivity contribution in [2.24, 2.45) is 5.73 Å². The first-order chi connectivity index (χ1) is 9.55. The zero-order valence-electron chi connectivity index (χ0n) is 12.6. The van der Waals surface area contributed by atoms with Gasteiger partial charge in [0.1, 0.15) is 17.2 Å². The van der Waals surface area contributed by atoms with Crippen molar-refractivity contribution in [3.8, 4) is 17.2 Å². The van der Waals surface area contributed by atoms with Crippen molar-refractivity contribution in [3.05, 3.63) is 17.7 Å². The second kappa shape index (κ2) is 5.89. The molecule has 0 aliphatic carbocycles. The second-order valence-corrected chi connectivity index (χ2v) is 5.19. The van der Waals surface area contributed by atoms with E-state index >= 15 is 0 Å². The molecule has 1 aromatic carbocycles. The van der Waals surface area contributed by atoms with Gasteiger partial charge in [-0.15, -0.1) is 0 Å². The van der Waals surface area contributed by atoms with E-state index in [0.717, 1.165) is 25.0 Å². The number of hydrogen-bond donors (Lipinski definition) is 1. The van der Waals surface area contributed by atoms with E-state index in [1.165, 1.54) is 0 Å². The molecule has 0 radical (unpaired) electrons. The van der Waals surface area contributed by atoms with Crippen LogP contribution in [0.25, 0.3) is 0 Å². The van der Waals surface area contributed by atoms with E-state index in [1.807, 2.05) is 19.1 Å². The van der Waals surface area contributed by atoms with E-state index in [2.05, 4.69) is 0 Å². The Kier molecular flexibility index (Phi) is 4.40. The maximum Gasteiger partial charge on any atom is 0.131 e. The van der Waals surface area contributed by atoms with Crippen molar-refractivity contribution in [2.75, 3.05) is 27.9 Å². The summed E-state index contributed by atoms with van der Waals surface area (Å²) in [6, 6.07) is 3.31. The first kappa shape index (κ1) is 14.9. The maximum atomic E-state index is 6.45. The molecule has 1 aliphatic heterocycles. The summed E-state index contributed by atoms with van der Waals surface area (Å²) in [6.07, 6.45) is 1.94. The lowest BCUT2D eigenvalue weighted by Gasteiger charge is -2.32. The maximum absolute atomic E-state index is 6.45. The van der Waals surface area contributed by atoms with Gasteiger partial charge in [-0.25, -0.2) is 0 Å². The van der Waals surface area contributed by atoms with Crippen molar-refractivity contribution < 1.29 is 18.9 Å². The van der Waals surface area contributed by atoms with Crippen LogP contribution in [0.5, 0.6) is 17.2 Å². The number of benzene rings is 1. The summed E-state index contributed by atoms with van der Waals surface area (Å²) in [5.41, 5.74) is 6.88. The summed E-state index contributed by atoms with van der Waals surface area (Å²) < 4.78 is 22.0. The van der Waals surface area contributed by atoms with Crippen LogP contribution in [0, 0.1) is 0 Å². The topological polar surface area (TPSA) is 62.9 Å². The van der Waals surface area contributed by atoms with Gasteiger partial charge in [-0.3, -0.25) is 0 Å². The molecule has 1 fully saturated rings. The first-order valence-electron chi connectivity index (χ1n) is 6.75. The Labute approximate surface area is 120 Å². The molecule has 2 unspecified atom stereocenters. The molecule has 2 atom stereocenters. The van der Waals surface area contributed by atoms with Crippen LogP contribution in [-0.2, 0) is 4.74 Å². The van der Waals surface area contributed by atoms with Crippen LogP contribution < -0.4 is 19.9 Å². The predicted molar refractivity (Wildman–Crippen MR) is 76.6 cm³/mol. The van der Waals surface area contributed by atoms with Crippen LogP contribution in [0.4, 0.5) is 0 Å². The molecule has 1 aromatic rings. The van der Waals surface area contributed by atoms with Crippen LogP contribution in [0.15, 0.2) is 12.1 Å². The van der Waals surface area contributed by atoms with Gasteiger partial charge in [0.25, 0.3) is 0 Å². The van der Waals surface area contributed by atoms with Gasteiger partial charge >= 0.3 is 0 Å². The minimum absolute atomic E-state index is 0.319. The Balaban J connectivity index is 2.48. The Morgan fingerprint density at radius 1 is 1.15 bits per heavy atom. The lowest BCUT2D eigenvalue weighted by molar-refractivity contribution is -0.00283. The molecule has 0 aromatic heterocycles. The quantitative estimate of drug-likeness (QED) is 0.897. The first-order valence-corrected chi connectivity index (χ1v) is 6.75. The number of rotatable bonds is 5. The standard InChI is InChI=1S/C15H23NO4/c1-15(6-5-7-20-15)14(16)13-11(18-3)8-10(17-2)9-12(13)19-4/h8-9,14H,5-7,16H2,1-4H3. The molecule has 0 saturated carbocycles. The highest BCUT2D eigenvalue weighted by atomic mass is 16.5. The average Bonchev–Trinajstić information content (AvgIpc) is 2.92. The molecular weight excluding hydrogens is 258 g/mol. The van der Waals surface area contributed by atoms with Gasteiger partial charge in [-0.1, -0.05) is 0 Å². The third-order valence-electron chi connectivity index (χ3n) is 3.97. The molecule has 20 heavy (non-hydrogen) atoms. The second-order valence-electron chi connectivity index (χ2n) is 5.19. The normalized spacial score (nSPS) is 23.4. The van der Waals surface area contributed by atoms with Gasteiger partial charge < -0.3 is 24.7 Å². The summed E-state index contributed by atoms with van der Waals surface area (Å²) in [7, 11) is 4.83. The molecule has 0 spiro atoms. The van der Waals surface area contributed by atoms with E-state index in [4.69, 9.17) is 24.7 Å². The summed E-state index contributed by atoms with van der Waals surface area (Å²) in [5.74, 6) is 1.99. The Bertz CT molecular complexity index is 444. The minimum Gasteiger partial charge on any atom is -0.496 e. The fourth-order valence-electron chi connectivity index (χ4n) is 2.69. The van der Waals surface area contributed by atoms with Crippen molar-refractivity contribution >= 4 is 0 Å². The molecule has 5 nitrogen and oxygen atoms in total. The molecule has 1 heterocycles. The van der Waals surface area contributed by atoms with Crippen LogP contribution >= 0.6 is 0 Å². The van der Waals surface area contributed by atoms with Gasteiger partial charge in [-0.2, -0.15) is 0 Å². The van der Waals surface area contributed by atoms with E-state index in [0.29, 0.717) is 17.2 Å². The Hall–Kier alpha value is -1.46. The van der Waals surface area contributed by atoms with Crippen LogP contribution in [0.1, 0.15) is 31.4 Å². The van der Waals surface area contributed by atoms with Gasteiger partial charge in [0.05, 0.1) is 38.5 Å². The van der Waals surface area contributed by atoms with Crippen molar-refractivity contribution in [3.63, 3.8) is 0 Å².